The normalized spacial score (nSPS) is 15.4. The zero-order chi connectivity index (χ0) is 9.84. The fourth-order valence-corrected chi connectivity index (χ4v) is 1.28. The van der Waals surface area contributed by atoms with E-state index in [0.29, 0.717) is 0 Å². The third-order valence-corrected chi connectivity index (χ3v) is 2.17. The number of aliphatic hydroxyl groups is 1. The van der Waals surface area contributed by atoms with Crippen LogP contribution in [0.25, 0.3) is 0 Å². The second-order valence-electron chi connectivity index (χ2n) is 3.60. The summed E-state index contributed by atoms with van der Waals surface area (Å²) in [5.74, 6) is 0. The van der Waals surface area contributed by atoms with E-state index in [2.05, 4.69) is 19.1 Å². The molecule has 0 heterocycles. The lowest BCUT2D eigenvalue weighted by molar-refractivity contribution is 0.163. The highest BCUT2D eigenvalue weighted by atomic mass is 16.3. The van der Waals surface area contributed by atoms with Crippen molar-refractivity contribution in [2.24, 2.45) is 5.73 Å². The summed E-state index contributed by atoms with van der Waals surface area (Å²) in [7, 11) is 0. The number of aliphatic hydroxyl groups excluding tert-OH is 1. The minimum absolute atomic E-state index is 0.165. The van der Waals surface area contributed by atoms with Gasteiger partial charge in [-0.25, -0.2) is 0 Å². The van der Waals surface area contributed by atoms with Gasteiger partial charge in [0.05, 0.1) is 6.10 Å². The van der Waals surface area contributed by atoms with Crippen LogP contribution in [0, 0.1) is 6.92 Å². The first kappa shape index (κ1) is 10.2. The molecule has 1 aromatic rings. The van der Waals surface area contributed by atoms with Crippen molar-refractivity contribution in [2.45, 2.75) is 32.4 Å². The molecule has 0 radical (unpaired) electrons. The highest BCUT2D eigenvalue weighted by Gasteiger charge is 2.09. The van der Waals surface area contributed by atoms with Crippen LogP contribution in [0.15, 0.2) is 24.3 Å². The van der Waals surface area contributed by atoms with E-state index in [9.17, 15) is 5.11 Å². The summed E-state index contributed by atoms with van der Waals surface area (Å²) in [4.78, 5) is 0. The molecule has 2 atom stereocenters. The number of benzene rings is 1. The van der Waals surface area contributed by atoms with Crippen molar-refractivity contribution in [1.29, 1.82) is 0 Å². The predicted octanol–water partition coefficient (Wildman–Crippen LogP) is 1.25. The third-order valence-electron chi connectivity index (χ3n) is 2.17. The molecule has 0 amide bonds. The van der Waals surface area contributed by atoms with Crippen LogP contribution >= 0.6 is 0 Å². The third kappa shape index (κ3) is 3.17. The SMILES string of the molecule is Cc1cccc(CC(N)C(C)O)c1. The van der Waals surface area contributed by atoms with Gasteiger partial charge in [0.1, 0.15) is 0 Å². The topological polar surface area (TPSA) is 46.2 Å². The van der Waals surface area contributed by atoms with E-state index in [-0.39, 0.29) is 6.04 Å². The van der Waals surface area contributed by atoms with Crippen molar-refractivity contribution >= 4 is 0 Å². The minimum atomic E-state index is -0.444. The highest BCUT2D eigenvalue weighted by Crippen LogP contribution is 2.07. The van der Waals surface area contributed by atoms with Gasteiger partial charge in [0.15, 0.2) is 0 Å². The van der Waals surface area contributed by atoms with Gasteiger partial charge in [-0.15, -0.1) is 0 Å². The standard InChI is InChI=1S/C11H17NO/c1-8-4-3-5-10(6-8)7-11(12)9(2)13/h3-6,9,11,13H,7,12H2,1-2H3. The summed E-state index contributed by atoms with van der Waals surface area (Å²) in [6.45, 7) is 3.78. The molecule has 3 N–H and O–H groups in total. The van der Waals surface area contributed by atoms with Crippen molar-refractivity contribution in [3.05, 3.63) is 35.4 Å². The number of hydrogen-bond acceptors (Lipinski definition) is 2. The van der Waals surface area contributed by atoms with E-state index in [1.165, 1.54) is 11.1 Å². The lowest BCUT2D eigenvalue weighted by Gasteiger charge is -2.14. The number of aryl methyl sites for hydroxylation is 1. The molecule has 0 fully saturated rings. The van der Waals surface area contributed by atoms with Gasteiger partial charge in [-0.1, -0.05) is 29.8 Å². The quantitative estimate of drug-likeness (QED) is 0.733. The Morgan fingerprint density at radius 2 is 2.15 bits per heavy atom. The van der Waals surface area contributed by atoms with Crippen molar-refractivity contribution in [2.75, 3.05) is 0 Å². The molecule has 0 aromatic heterocycles. The molecule has 0 saturated carbocycles. The zero-order valence-electron chi connectivity index (χ0n) is 8.20. The lowest BCUT2D eigenvalue weighted by Crippen LogP contribution is -2.34. The molecule has 2 nitrogen and oxygen atoms in total. The van der Waals surface area contributed by atoms with Gasteiger partial charge in [0.2, 0.25) is 0 Å². The summed E-state index contributed by atoms with van der Waals surface area (Å²) in [6.07, 6.45) is 0.291. The van der Waals surface area contributed by atoms with Crippen LogP contribution in [0.4, 0.5) is 0 Å². The molecule has 0 spiro atoms. The second kappa shape index (κ2) is 4.40. The van der Waals surface area contributed by atoms with E-state index >= 15 is 0 Å². The van der Waals surface area contributed by atoms with Crippen molar-refractivity contribution < 1.29 is 5.11 Å². The van der Waals surface area contributed by atoms with Gasteiger partial charge in [-0.2, -0.15) is 0 Å². The first-order chi connectivity index (χ1) is 6.09. The first-order valence-electron chi connectivity index (χ1n) is 4.59. The first-order valence-corrected chi connectivity index (χ1v) is 4.59. The molecule has 0 bridgehead atoms. The van der Waals surface area contributed by atoms with Gasteiger partial charge in [-0.3, -0.25) is 0 Å². The van der Waals surface area contributed by atoms with E-state index in [4.69, 9.17) is 5.73 Å². The summed E-state index contributed by atoms with van der Waals surface area (Å²) in [6, 6.07) is 8.04. The van der Waals surface area contributed by atoms with Crippen LogP contribution < -0.4 is 5.73 Å². The Morgan fingerprint density at radius 1 is 1.46 bits per heavy atom. The van der Waals surface area contributed by atoms with E-state index in [0.717, 1.165) is 6.42 Å². The Labute approximate surface area is 79.4 Å². The van der Waals surface area contributed by atoms with Crippen LogP contribution in [0.2, 0.25) is 0 Å². The Balaban J connectivity index is 2.64. The molecular formula is C11H17NO. The van der Waals surface area contributed by atoms with E-state index in [1.807, 2.05) is 12.1 Å². The summed E-state index contributed by atoms with van der Waals surface area (Å²) in [5.41, 5.74) is 8.17. The Kier molecular flexibility index (Phi) is 3.46. The number of hydrogen-bond donors (Lipinski definition) is 2. The average molecular weight is 179 g/mol. The highest BCUT2D eigenvalue weighted by molar-refractivity contribution is 5.23. The van der Waals surface area contributed by atoms with Crippen LogP contribution in [-0.4, -0.2) is 17.3 Å². The number of nitrogens with two attached hydrogens (primary N) is 1. The van der Waals surface area contributed by atoms with Gasteiger partial charge < -0.3 is 10.8 Å². The zero-order valence-corrected chi connectivity index (χ0v) is 8.20. The fourth-order valence-electron chi connectivity index (χ4n) is 1.28. The van der Waals surface area contributed by atoms with E-state index in [1.54, 1.807) is 6.92 Å². The maximum Gasteiger partial charge on any atom is 0.0666 e. The predicted molar refractivity (Wildman–Crippen MR) is 54.5 cm³/mol. The van der Waals surface area contributed by atoms with Gasteiger partial charge in [0, 0.05) is 6.04 Å². The molecule has 13 heavy (non-hydrogen) atoms. The van der Waals surface area contributed by atoms with Crippen molar-refractivity contribution in [3.8, 4) is 0 Å². The van der Waals surface area contributed by atoms with Gasteiger partial charge >= 0.3 is 0 Å². The van der Waals surface area contributed by atoms with Crippen molar-refractivity contribution in [1.82, 2.24) is 0 Å². The smallest absolute Gasteiger partial charge is 0.0666 e. The molecule has 0 aliphatic heterocycles. The summed E-state index contributed by atoms with van der Waals surface area (Å²) in [5, 5.41) is 9.23. The molecule has 0 aliphatic carbocycles. The summed E-state index contributed by atoms with van der Waals surface area (Å²) >= 11 is 0. The maximum absolute atomic E-state index is 9.23. The fraction of sp³-hybridized carbons (Fsp3) is 0.455. The van der Waals surface area contributed by atoms with Gasteiger partial charge in [-0.05, 0) is 25.8 Å². The maximum atomic E-state index is 9.23. The molecule has 72 valence electrons. The molecule has 2 heteroatoms. The van der Waals surface area contributed by atoms with Crippen LogP contribution in [0.5, 0.6) is 0 Å². The molecule has 0 saturated heterocycles. The Bertz CT molecular complexity index is 271. The van der Waals surface area contributed by atoms with Crippen LogP contribution in [0.1, 0.15) is 18.1 Å². The number of rotatable bonds is 3. The second-order valence-corrected chi connectivity index (χ2v) is 3.60. The molecule has 1 rings (SSSR count). The molecule has 2 unspecified atom stereocenters. The van der Waals surface area contributed by atoms with Crippen LogP contribution in [-0.2, 0) is 6.42 Å². The molecular weight excluding hydrogens is 162 g/mol. The average Bonchev–Trinajstić information content (AvgIpc) is 2.04. The van der Waals surface area contributed by atoms with Crippen LogP contribution in [0.3, 0.4) is 0 Å². The van der Waals surface area contributed by atoms with Gasteiger partial charge in [0.25, 0.3) is 0 Å². The summed E-state index contributed by atoms with van der Waals surface area (Å²) < 4.78 is 0. The van der Waals surface area contributed by atoms with E-state index < -0.39 is 6.10 Å². The lowest BCUT2D eigenvalue weighted by atomic mass is 10.0. The monoisotopic (exact) mass is 179 g/mol. The van der Waals surface area contributed by atoms with Crippen molar-refractivity contribution in [3.63, 3.8) is 0 Å². The minimum Gasteiger partial charge on any atom is -0.392 e. The molecule has 1 aromatic carbocycles. The largest absolute Gasteiger partial charge is 0.392 e. The Morgan fingerprint density at radius 3 is 2.69 bits per heavy atom. The Hall–Kier alpha value is -0.860. The molecule has 0 aliphatic rings.